The van der Waals surface area contributed by atoms with E-state index in [4.69, 9.17) is 5.73 Å². The van der Waals surface area contributed by atoms with Gasteiger partial charge in [0.1, 0.15) is 0 Å². The molecule has 6 nitrogen and oxygen atoms in total. The quantitative estimate of drug-likeness (QED) is 0.697. The minimum absolute atomic E-state index is 0.0332. The van der Waals surface area contributed by atoms with Gasteiger partial charge in [-0.25, -0.2) is 12.7 Å². The number of thioether (sulfide) groups is 1. The van der Waals surface area contributed by atoms with E-state index >= 15 is 0 Å². The monoisotopic (exact) mass is 309 g/mol. The van der Waals surface area contributed by atoms with Crippen molar-refractivity contribution < 1.29 is 13.2 Å². The molecule has 0 aromatic carbocycles. The second-order valence-corrected chi connectivity index (χ2v) is 7.80. The molecule has 0 radical (unpaired) electrons. The van der Waals surface area contributed by atoms with E-state index in [0.717, 1.165) is 5.75 Å². The van der Waals surface area contributed by atoms with Gasteiger partial charge in [0.15, 0.2) is 0 Å². The predicted octanol–water partition coefficient (Wildman–Crippen LogP) is -0.393. The zero-order valence-electron chi connectivity index (χ0n) is 11.5. The van der Waals surface area contributed by atoms with Crippen LogP contribution in [0, 0.1) is 0 Å². The molecule has 0 saturated carbocycles. The average molecular weight is 309 g/mol. The molecule has 0 aliphatic carbocycles. The van der Waals surface area contributed by atoms with Gasteiger partial charge in [0, 0.05) is 19.1 Å². The zero-order chi connectivity index (χ0) is 14.5. The highest BCUT2D eigenvalue weighted by atomic mass is 32.2. The van der Waals surface area contributed by atoms with Crippen molar-refractivity contribution in [2.75, 3.05) is 31.4 Å². The standard InChI is InChI=1S/C11H23N3O3S2/c1-18-8-5-10(12)11(15)13-9-3-6-14(7-4-9)19(2,16)17/h9-10H,3-8,12H2,1-2H3,(H,13,15)/t10-/m0/s1. The zero-order valence-corrected chi connectivity index (χ0v) is 13.1. The number of piperidine rings is 1. The molecular formula is C11H23N3O3S2. The maximum Gasteiger partial charge on any atom is 0.237 e. The van der Waals surface area contributed by atoms with Crippen molar-refractivity contribution in [3.63, 3.8) is 0 Å². The molecule has 1 aliphatic heterocycles. The first kappa shape index (κ1) is 16.7. The van der Waals surface area contributed by atoms with Gasteiger partial charge in [0.2, 0.25) is 15.9 Å². The Morgan fingerprint density at radius 2 is 2.05 bits per heavy atom. The molecule has 1 aliphatic rings. The molecule has 1 saturated heterocycles. The van der Waals surface area contributed by atoms with Gasteiger partial charge in [0.25, 0.3) is 0 Å². The molecule has 1 fully saturated rings. The number of sulfonamides is 1. The lowest BCUT2D eigenvalue weighted by molar-refractivity contribution is -0.123. The van der Waals surface area contributed by atoms with Gasteiger partial charge in [-0.3, -0.25) is 4.79 Å². The van der Waals surface area contributed by atoms with Crippen LogP contribution < -0.4 is 11.1 Å². The lowest BCUT2D eigenvalue weighted by Crippen LogP contribution is -2.50. The van der Waals surface area contributed by atoms with Crippen LogP contribution in [0.1, 0.15) is 19.3 Å². The van der Waals surface area contributed by atoms with Crippen molar-refractivity contribution in [1.29, 1.82) is 0 Å². The van der Waals surface area contributed by atoms with Crippen LogP contribution in [0.25, 0.3) is 0 Å². The second-order valence-electron chi connectivity index (χ2n) is 4.83. The second kappa shape index (κ2) is 7.47. The number of carbonyl (C=O) groups is 1. The summed E-state index contributed by atoms with van der Waals surface area (Å²) in [5.74, 6) is 0.730. The summed E-state index contributed by atoms with van der Waals surface area (Å²) in [6, 6.07) is -0.439. The third-order valence-corrected chi connectivity index (χ3v) is 5.19. The SMILES string of the molecule is CSCC[C@H](N)C(=O)NC1CCN(S(C)(=O)=O)CC1. The van der Waals surface area contributed by atoms with Crippen molar-refractivity contribution >= 4 is 27.7 Å². The molecule has 0 unspecified atom stereocenters. The minimum Gasteiger partial charge on any atom is -0.352 e. The first-order valence-electron chi connectivity index (χ1n) is 6.34. The van der Waals surface area contributed by atoms with E-state index in [1.807, 2.05) is 6.26 Å². The van der Waals surface area contributed by atoms with Crippen LogP contribution in [0.5, 0.6) is 0 Å². The van der Waals surface area contributed by atoms with Gasteiger partial charge in [-0.05, 0) is 31.3 Å². The maximum absolute atomic E-state index is 11.8. The molecule has 1 heterocycles. The van der Waals surface area contributed by atoms with E-state index in [9.17, 15) is 13.2 Å². The molecule has 112 valence electrons. The number of hydrogen-bond donors (Lipinski definition) is 2. The molecule has 0 bridgehead atoms. The highest BCUT2D eigenvalue weighted by Gasteiger charge is 2.26. The molecule has 1 rings (SSSR count). The summed E-state index contributed by atoms with van der Waals surface area (Å²) in [4.78, 5) is 11.8. The predicted molar refractivity (Wildman–Crippen MR) is 78.6 cm³/mol. The van der Waals surface area contributed by atoms with Crippen LogP contribution >= 0.6 is 11.8 Å². The summed E-state index contributed by atoms with van der Waals surface area (Å²) in [7, 11) is -3.11. The van der Waals surface area contributed by atoms with Crippen molar-refractivity contribution in [3.8, 4) is 0 Å². The van der Waals surface area contributed by atoms with E-state index in [-0.39, 0.29) is 11.9 Å². The minimum atomic E-state index is -3.11. The smallest absolute Gasteiger partial charge is 0.237 e. The van der Waals surface area contributed by atoms with Crippen molar-refractivity contribution in [2.24, 2.45) is 5.73 Å². The Kier molecular flexibility index (Phi) is 6.58. The fraction of sp³-hybridized carbons (Fsp3) is 0.909. The van der Waals surface area contributed by atoms with Crippen molar-refractivity contribution in [2.45, 2.75) is 31.3 Å². The number of hydrogen-bond acceptors (Lipinski definition) is 5. The topological polar surface area (TPSA) is 92.5 Å². The van der Waals surface area contributed by atoms with Crippen LogP contribution in [-0.4, -0.2) is 62.1 Å². The Balaban J connectivity index is 2.35. The number of nitrogens with zero attached hydrogens (tertiary/aromatic N) is 1. The van der Waals surface area contributed by atoms with Crippen LogP contribution in [0.4, 0.5) is 0 Å². The third-order valence-electron chi connectivity index (χ3n) is 3.24. The van der Waals surface area contributed by atoms with Gasteiger partial charge in [-0.1, -0.05) is 0 Å². The Bertz CT molecular complexity index is 392. The van der Waals surface area contributed by atoms with Crippen LogP contribution in [0.3, 0.4) is 0 Å². The highest BCUT2D eigenvalue weighted by Crippen LogP contribution is 2.13. The van der Waals surface area contributed by atoms with E-state index in [1.54, 1.807) is 11.8 Å². The summed E-state index contributed by atoms with van der Waals surface area (Å²) >= 11 is 1.66. The van der Waals surface area contributed by atoms with Gasteiger partial charge in [-0.2, -0.15) is 11.8 Å². The number of nitrogens with two attached hydrogens (primary N) is 1. The molecule has 8 heteroatoms. The van der Waals surface area contributed by atoms with E-state index in [1.165, 1.54) is 10.6 Å². The summed E-state index contributed by atoms with van der Waals surface area (Å²) in [6.07, 6.45) is 5.15. The van der Waals surface area contributed by atoms with E-state index in [2.05, 4.69) is 5.32 Å². The average Bonchev–Trinajstić information content (AvgIpc) is 2.35. The first-order valence-corrected chi connectivity index (χ1v) is 9.59. The van der Waals surface area contributed by atoms with Crippen molar-refractivity contribution in [1.82, 2.24) is 9.62 Å². The summed E-state index contributed by atoms with van der Waals surface area (Å²) < 4.78 is 24.2. The number of nitrogens with one attached hydrogen (secondary N) is 1. The summed E-state index contributed by atoms with van der Waals surface area (Å²) in [5, 5.41) is 2.90. The van der Waals surface area contributed by atoms with Crippen LogP contribution in [0.15, 0.2) is 0 Å². The number of carbonyl (C=O) groups excluding carboxylic acids is 1. The molecular weight excluding hydrogens is 286 g/mol. The molecule has 0 spiro atoms. The lowest BCUT2D eigenvalue weighted by Gasteiger charge is -2.31. The van der Waals surface area contributed by atoms with Gasteiger partial charge in [0.05, 0.1) is 12.3 Å². The largest absolute Gasteiger partial charge is 0.352 e. The van der Waals surface area contributed by atoms with Crippen molar-refractivity contribution in [3.05, 3.63) is 0 Å². The van der Waals surface area contributed by atoms with Gasteiger partial charge in [-0.15, -0.1) is 0 Å². The Labute approximate surface area is 119 Å². The molecule has 0 aromatic heterocycles. The van der Waals surface area contributed by atoms with Gasteiger partial charge >= 0.3 is 0 Å². The highest BCUT2D eigenvalue weighted by molar-refractivity contribution is 7.98. The fourth-order valence-corrected chi connectivity index (χ4v) is 3.38. The summed E-state index contributed by atoms with van der Waals surface area (Å²) in [6.45, 7) is 0.924. The fourth-order valence-electron chi connectivity index (χ4n) is 2.02. The molecule has 1 atom stereocenters. The molecule has 1 amide bonds. The Hall–Kier alpha value is -0.310. The number of amides is 1. The first-order chi connectivity index (χ1) is 8.84. The maximum atomic E-state index is 11.8. The van der Waals surface area contributed by atoms with Crippen LogP contribution in [-0.2, 0) is 14.8 Å². The molecule has 19 heavy (non-hydrogen) atoms. The normalized spacial score (nSPS) is 20.2. The molecule has 3 N–H and O–H groups in total. The van der Waals surface area contributed by atoms with E-state index < -0.39 is 16.1 Å². The Morgan fingerprint density at radius 3 is 2.53 bits per heavy atom. The Morgan fingerprint density at radius 1 is 1.47 bits per heavy atom. The number of rotatable bonds is 6. The third kappa shape index (κ3) is 5.68. The lowest BCUT2D eigenvalue weighted by atomic mass is 10.1. The van der Waals surface area contributed by atoms with Crippen LogP contribution in [0.2, 0.25) is 0 Å². The van der Waals surface area contributed by atoms with Gasteiger partial charge < -0.3 is 11.1 Å². The molecule has 0 aromatic rings. The summed E-state index contributed by atoms with van der Waals surface area (Å²) in [5.41, 5.74) is 5.79. The van der Waals surface area contributed by atoms with E-state index in [0.29, 0.717) is 32.4 Å².